The highest BCUT2D eigenvalue weighted by atomic mass is 32.2. The van der Waals surface area contributed by atoms with E-state index in [2.05, 4.69) is 4.90 Å². The van der Waals surface area contributed by atoms with Gasteiger partial charge in [0.2, 0.25) is 15.9 Å². The molecule has 1 unspecified atom stereocenters. The number of carbonyl (C=O) groups excluding carboxylic acids is 1. The largest absolute Gasteiger partial charge is 0.481 e. The lowest BCUT2D eigenvalue weighted by atomic mass is 10.1. The molecular formula is C25H33N3O5S. The molecule has 0 aromatic heterocycles. The number of sulfonamides is 1. The maximum atomic E-state index is 13.3. The van der Waals surface area contributed by atoms with Crippen molar-refractivity contribution in [3.8, 4) is 0 Å². The van der Waals surface area contributed by atoms with E-state index in [9.17, 15) is 18.0 Å². The van der Waals surface area contributed by atoms with Crippen molar-refractivity contribution in [3.63, 3.8) is 0 Å². The van der Waals surface area contributed by atoms with Crippen LogP contribution in [0.3, 0.4) is 0 Å². The van der Waals surface area contributed by atoms with Crippen molar-refractivity contribution in [2.75, 3.05) is 32.7 Å². The first-order chi connectivity index (χ1) is 16.3. The minimum absolute atomic E-state index is 0.0595. The van der Waals surface area contributed by atoms with Gasteiger partial charge in [-0.15, -0.1) is 0 Å². The molecule has 0 radical (unpaired) electrons. The summed E-state index contributed by atoms with van der Waals surface area (Å²) in [6.07, 6.45) is 17.1. The molecule has 1 amide bonds. The van der Waals surface area contributed by atoms with Gasteiger partial charge in [0.25, 0.3) is 0 Å². The summed E-state index contributed by atoms with van der Waals surface area (Å²) in [6.45, 7) is 6.42. The second-order valence-electron chi connectivity index (χ2n) is 8.34. The Hall–Kier alpha value is -2.91. The highest BCUT2D eigenvalue weighted by Gasteiger charge is 2.33. The van der Waals surface area contributed by atoms with Crippen molar-refractivity contribution in [1.29, 1.82) is 0 Å². The van der Waals surface area contributed by atoms with Crippen LogP contribution < -0.4 is 0 Å². The van der Waals surface area contributed by atoms with E-state index in [0.717, 1.165) is 11.4 Å². The van der Waals surface area contributed by atoms with Crippen LogP contribution >= 0.6 is 0 Å². The minimum Gasteiger partial charge on any atom is -0.481 e. The molecule has 9 heteroatoms. The number of fused-ring (bicyclic) bond motifs is 1. The van der Waals surface area contributed by atoms with Gasteiger partial charge in [-0.3, -0.25) is 9.59 Å². The van der Waals surface area contributed by atoms with E-state index >= 15 is 0 Å². The molecule has 2 heterocycles. The number of piperazine rings is 1. The van der Waals surface area contributed by atoms with Gasteiger partial charge in [-0.25, -0.2) is 8.42 Å². The maximum Gasteiger partial charge on any atom is 0.303 e. The van der Waals surface area contributed by atoms with Crippen LogP contribution in [0.15, 0.2) is 71.0 Å². The quantitative estimate of drug-likeness (QED) is 0.529. The van der Waals surface area contributed by atoms with Gasteiger partial charge in [0, 0.05) is 56.5 Å². The van der Waals surface area contributed by atoms with Gasteiger partial charge < -0.3 is 14.9 Å². The molecule has 0 bridgehead atoms. The zero-order valence-electron chi connectivity index (χ0n) is 19.8. The van der Waals surface area contributed by atoms with Crippen molar-refractivity contribution >= 4 is 21.9 Å². The summed E-state index contributed by atoms with van der Waals surface area (Å²) in [5.74, 6) is -1.32. The average Bonchev–Trinajstić information content (AvgIpc) is 3.10. The van der Waals surface area contributed by atoms with Gasteiger partial charge in [0.15, 0.2) is 0 Å². The molecular weight excluding hydrogens is 454 g/mol. The van der Waals surface area contributed by atoms with Crippen LogP contribution in [-0.2, 0) is 19.6 Å². The molecule has 0 aromatic carbocycles. The highest BCUT2D eigenvalue weighted by Crippen LogP contribution is 2.33. The first-order valence-corrected chi connectivity index (χ1v) is 13.0. The number of carboxylic acids is 1. The van der Waals surface area contributed by atoms with Crippen LogP contribution in [0.1, 0.15) is 33.1 Å². The lowest BCUT2D eigenvalue weighted by Gasteiger charge is -2.36. The fourth-order valence-electron chi connectivity index (χ4n) is 4.36. The number of amides is 1. The molecule has 2 fully saturated rings. The Morgan fingerprint density at radius 2 is 1.79 bits per heavy atom. The lowest BCUT2D eigenvalue weighted by molar-refractivity contribution is -0.140. The maximum absolute atomic E-state index is 13.3. The summed E-state index contributed by atoms with van der Waals surface area (Å²) < 4.78 is 28.2. The Bertz CT molecular complexity index is 1070. The molecule has 1 atom stereocenters. The first-order valence-electron chi connectivity index (χ1n) is 11.6. The Morgan fingerprint density at radius 3 is 2.44 bits per heavy atom. The third kappa shape index (κ3) is 5.95. The number of hydrogen-bond donors (Lipinski definition) is 1. The Labute approximate surface area is 202 Å². The Morgan fingerprint density at radius 1 is 1.06 bits per heavy atom. The number of carbonyl (C=O) groups is 2. The van der Waals surface area contributed by atoms with Crippen molar-refractivity contribution in [2.24, 2.45) is 5.92 Å². The predicted octanol–water partition coefficient (Wildman–Crippen LogP) is 3.02. The van der Waals surface area contributed by atoms with Crippen LogP contribution in [0.25, 0.3) is 0 Å². The zero-order chi connectivity index (χ0) is 24.7. The second kappa shape index (κ2) is 11.5. The van der Waals surface area contributed by atoms with Gasteiger partial charge in [-0.1, -0.05) is 30.4 Å². The molecule has 0 saturated carbocycles. The molecule has 3 rings (SSSR count). The van der Waals surface area contributed by atoms with Gasteiger partial charge in [-0.2, -0.15) is 4.31 Å². The fourth-order valence-corrected chi connectivity index (χ4v) is 5.80. The first kappa shape index (κ1) is 25.7. The molecule has 184 valence electrons. The van der Waals surface area contributed by atoms with E-state index in [-0.39, 0.29) is 29.6 Å². The van der Waals surface area contributed by atoms with Crippen LogP contribution in [0, 0.1) is 5.92 Å². The topological polar surface area (TPSA) is 98.2 Å². The van der Waals surface area contributed by atoms with E-state index in [0.29, 0.717) is 39.1 Å². The van der Waals surface area contributed by atoms with E-state index in [4.69, 9.17) is 5.11 Å². The molecule has 0 aromatic rings. The molecule has 1 aliphatic carbocycles. The van der Waals surface area contributed by atoms with Crippen LogP contribution in [0.5, 0.6) is 0 Å². The van der Waals surface area contributed by atoms with Gasteiger partial charge in [-0.05, 0) is 44.6 Å². The molecule has 2 saturated heterocycles. The van der Waals surface area contributed by atoms with Crippen molar-refractivity contribution in [1.82, 2.24) is 14.1 Å². The number of nitrogens with zero attached hydrogens (tertiary/aromatic N) is 3. The number of rotatable bonds is 8. The number of likely N-dealkylation sites (tertiary alicyclic amines) is 1. The number of hydrogen-bond acceptors (Lipinski definition) is 5. The molecule has 34 heavy (non-hydrogen) atoms. The summed E-state index contributed by atoms with van der Waals surface area (Å²) in [4.78, 5) is 27.2. The summed E-state index contributed by atoms with van der Waals surface area (Å²) in [7, 11) is -3.67. The minimum atomic E-state index is -3.67. The highest BCUT2D eigenvalue weighted by molar-refractivity contribution is 7.93. The molecule has 8 nitrogen and oxygen atoms in total. The average molecular weight is 488 g/mol. The fraction of sp³-hybridized carbons (Fsp3) is 0.440. The number of allylic oxidation sites excluding steroid dienone is 9. The van der Waals surface area contributed by atoms with E-state index in [1.165, 1.54) is 4.31 Å². The summed E-state index contributed by atoms with van der Waals surface area (Å²) >= 11 is 0. The van der Waals surface area contributed by atoms with Crippen molar-refractivity contribution in [2.45, 2.75) is 33.1 Å². The smallest absolute Gasteiger partial charge is 0.303 e. The van der Waals surface area contributed by atoms with Crippen LogP contribution in [-0.4, -0.2) is 72.2 Å². The molecule has 2 aliphatic heterocycles. The molecule has 1 N–H and O–H groups in total. The lowest BCUT2D eigenvalue weighted by Crippen LogP contribution is -2.48. The Balaban J connectivity index is 1.70. The van der Waals surface area contributed by atoms with Crippen LogP contribution in [0.4, 0.5) is 0 Å². The predicted molar refractivity (Wildman–Crippen MR) is 132 cm³/mol. The number of aliphatic carboxylic acids is 1. The van der Waals surface area contributed by atoms with Crippen molar-refractivity contribution < 1.29 is 23.1 Å². The normalized spacial score (nSPS) is 22.2. The number of carboxylic acid groups (broad SMARTS) is 1. The van der Waals surface area contributed by atoms with E-state index < -0.39 is 16.0 Å². The third-order valence-corrected chi connectivity index (χ3v) is 8.14. The summed E-state index contributed by atoms with van der Waals surface area (Å²) in [5.41, 5.74) is 1.79. The van der Waals surface area contributed by atoms with Gasteiger partial charge in [0.1, 0.15) is 0 Å². The van der Waals surface area contributed by atoms with Gasteiger partial charge in [0.05, 0.1) is 11.3 Å². The van der Waals surface area contributed by atoms with Gasteiger partial charge >= 0.3 is 5.97 Å². The second-order valence-corrected chi connectivity index (χ2v) is 10.3. The summed E-state index contributed by atoms with van der Waals surface area (Å²) in [5, 5.41) is 8.85. The third-order valence-electron chi connectivity index (χ3n) is 6.23. The van der Waals surface area contributed by atoms with Crippen molar-refractivity contribution in [3.05, 3.63) is 71.0 Å². The molecule has 0 spiro atoms. The summed E-state index contributed by atoms with van der Waals surface area (Å²) in [6, 6.07) is 0. The Kier molecular flexibility index (Phi) is 8.68. The van der Waals surface area contributed by atoms with E-state index in [1.807, 2.05) is 50.3 Å². The van der Waals surface area contributed by atoms with Crippen LogP contribution in [0.2, 0.25) is 0 Å². The van der Waals surface area contributed by atoms with E-state index in [1.54, 1.807) is 23.1 Å². The monoisotopic (exact) mass is 487 g/mol. The molecule has 3 aliphatic rings. The standard InChI is InChI=1S/C25H33N3O5S/c1-3-5-6-7-21(4-2)26-16-18-27(19-17-26)34(32,33)22-9-8-20-14-15-28(23(20)11-10-22)24(29)12-13-25(30)31/h3-11,20H,12-19H2,1-2H3,(H,30,31)/b5-3+,7-6-,21-4+. The SMILES string of the molecule is C/C=C/C=C\C(=C/C)N1CCN(S(=O)(=O)C2=CC=C3C(C=C2)CCN3C(=O)CCC(=O)O)CC1. The zero-order valence-corrected chi connectivity index (χ0v) is 20.6.